The number of phenols is 1. The van der Waals surface area contributed by atoms with Crippen LogP contribution >= 0.6 is 0 Å². The fraction of sp³-hybridized carbons (Fsp3) is 0.269. The highest BCUT2D eigenvalue weighted by Gasteiger charge is 2.09. The van der Waals surface area contributed by atoms with Crippen LogP contribution < -0.4 is 9.47 Å². The first kappa shape index (κ1) is 22.4. The van der Waals surface area contributed by atoms with Crippen molar-refractivity contribution in [2.45, 2.75) is 32.1 Å². The maximum Gasteiger partial charge on any atom is 0.343 e. The molecule has 5 heteroatoms. The van der Waals surface area contributed by atoms with Gasteiger partial charge in [-0.1, -0.05) is 49.6 Å². The number of phenolic OH excluding ortho intramolecular Hbond substituents is 1. The molecule has 0 saturated carbocycles. The molecule has 0 saturated heterocycles. The largest absolute Gasteiger partial charge is 0.508 e. The van der Waals surface area contributed by atoms with E-state index in [-0.39, 0.29) is 12.4 Å². The summed E-state index contributed by atoms with van der Waals surface area (Å²) in [7, 11) is 0. The second-order valence-electron chi connectivity index (χ2n) is 7.33. The Balaban J connectivity index is 1.49. The van der Waals surface area contributed by atoms with Crippen LogP contribution in [0.4, 0.5) is 0 Å². The molecule has 0 atom stereocenters. The van der Waals surface area contributed by atoms with Gasteiger partial charge in [0.2, 0.25) is 0 Å². The Morgan fingerprint density at radius 3 is 2.06 bits per heavy atom. The molecule has 2 N–H and O–H groups in total. The number of aliphatic hydroxyl groups excluding tert-OH is 1. The average molecular weight is 421 g/mol. The first-order valence-electron chi connectivity index (χ1n) is 10.6. The lowest BCUT2D eigenvalue weighted by molar-refractivity contribution is 0.0734. The number of carbonyl (C=O) groups is 1. The number of hydrogen-bond acceptors (Lipinski definition) is 5. The molecule has 0 unspecified atom stereocenters. The number of esters is 1. The molecule has 0 aliphatic heterocycles. The maximum atomic E-state index is 12.3. The van der Waals surface area contributed by atoms with E-state index >= 15 is 0 Å². The Labute approximate surface area is 182 Å². The molecular weight excluding hydrogens is 392 g/mol. The molecule has 0 aromatic heterocycles. The van der Waals surface area contributed by atoms with Gasteiger partial charge in [0.15, 0.2) is 0 Å². The molecule has 5 nitrogen and oxygen atoms in total. The average Bonchev–Trinajstić information content (AvgIpc) is 2.79. The predicted octanol–water partition coefficient (Wildman–Crippen LogP) is 5.60. The van der Waals surface area contributed by atoms with Crippen molar-refractivity contribution in [2.24, 2.45) is 0 Å². The van der Waals surface area contributed by atoms with Crippen LogP contribution in [0.2, 0.25) is 0 Å². The number of ether oxygens (including phenoxy) is 2. The van der Waals surface area contributed by atoms with Gasteiger partial charge in [-0.15, -0.1) is 0 Å². The number of rotatable bonds is 11. The smallest absolute Gasteiger partial charge is 0.343 e. The normalized spacial score (nSPS) is 10.6. The molecule has 0 bridgehead atoms. The first-order valence-corrected chi connectivity index (χ1v) is 10.6. The van der Waals surface area contributed by atoms with Crippen LogP contribution in [-0.4, -0.2) is 29.4 Å². The summed E-state index contributed by atoms with van der Waals surface area (Å²) in [6.07, 6.45) is 5.19. The van der Waals surface area contributed by atoms with E-state index in [2.05, 4.69) is 0 Å². The third kappa shape index (κ3) is 7.15. The van der Waals surface area contributed by atoms with Crippen LogP contribution in [0.3, 0.4) is 0 Å². The highest BCUT2D eigenvalue weighted by Crippen LogP contribution is 2.24. The minimum atomic E-state index is -0.475. The number of benzene rings is 3. The van der Waals surface area contributed by atoms with Crippen molar-refractivity contribution < 1.29 is 24.5 Å². The minimum Gasteiger partial charge on any atom is -0.508 e. The number of aliphatic hydroxyl groups is 1. The van der Waals surface area contributed by atoms with Gasteiger partial charge >= 0.3 is 5.97 Å². The van der Waals surface area contributed by atoms with Gasteiger partial charge in [0, 0.05) is 12.7 Å². The van der Waals surface area contributed by atoms with E-state index in [0.717, 1.165) is 49.0 Å². The molecule has 0 radical (unpaired) electrons. The van der Waals surface area contributed by atoms with Gasteiger partial charge in [-0.2, -0.15) is 0 Å². The van der Waals surface area contributed by atoms with Crippen LogP contribution in [0.25, 0.3) is 11.1 Å². The van der Waals surface area contributed by atoms with Gasteiger partial charge in [-0.25, -0.2) is 4.79 Å². The van der Waals surface area contributed by atoms with Gasteiger partial charge in [0.1, 0.15) is 17.2 Å². The summed E-state index contributed by atoms with van der Waals surface area (Å²) >= 11 is 0. The van der Waals surface area contributed by atoms with E-state index in [1.165, 1.54) is 12.1 Å². The second-order valence-corrected chi connectivity index (χ2v) is 7.33. The number of aromatic hydroxyl groups is 1. The van der Waals surface area contributed by atoms with Crippen molar-refractivity contribution in [3.05, 3.63) is 78.4 Å². The predicted molar refractivity (Wildman–Crippen MR) is 121 cm³/mol. The molecule has 0 amide bonds. The van der Waals surface area contributed by atoms with E-state index in [9.17, 15) is 9.90 Å². The van der Waals surface area contributed by atoms with Crippen molar-refractivity contribution in [1.29, 1.82) is 0 Å². The second kappa shape index (κ2) is 11.8. The van der Waals surface area contributed by atoms with Crippen molar-refractivity contribution in [2.75, 3.05) is 13.2 Å². The molecule has 3 aromatic rings. The lowest BCUT2D eigenvalue weighted by atomic mass is 10.0. The van der Waals surface area contributed by atoms with E-state index in [4.69, 9.17) is 14.6 Å². The summed E-state index contributed by atoms with van der Waals surface area (Å²) in [6, 6.07) is 21.2. The van der Waals surface area contributed by atoms with Crippen LogP contribution in [0.1, 0.15) is 42.5 Å². The molecule has 0 aliphatic rings. The molecule has 162 valence electrons. The molecule has 0 heterocycles. The fourth-order valence-electron chi connectivity index (χ4n) is 3.19. The monoisotopic (exact) mass is 420 g/mol. The van der Waals surface area contributed by atoms with Gasteiger partial charge in [0.05, 0.1) is 12.2 Å². The molecule has 0 spiro atoms. The molecule has 0 fully saturated rings. The van der Waals surface area contributed by atoms with Crippen LogP contribution in [-0.2, 0) is 0 Å². The van der Waals surface area contributed by atoms with Crippen molar-refractivity contribution in [1.82, 2.24) is 0 Å². The number of hydrogen-bond donors (Lipinski definition) is 2. The Morgan fingerprint density at radius 1 is 0.742 bits per heavy atom. The van der Waals surface area contributed by atoms with Crippen LogP contribution in [0.5, 0.6) is 17.2 Å². The third-order valence-electron chi connectivity index (χ3n) is 4.91. The molecule has 0 aliphatic carbocycles. The standard InChI is InChI=1S/C26H28O5/c27-17-4-2-1-3-5-18-30-24-15-13-21(14-16-24)20-9-11-22(12-10-20)26(29)31-25-8-6-7-23(28)19-25/h6-16,19,27-28H,1-5,17-18H2. The minimum absolute atomic E-state index is 0.0473. The molecule has 3 aromatic carbocycles. The summed E-state index contributed by atoms with van der Waals surface area (Å²) in [6.45, 7) is 0.962. The zero-order chi connectivity index (χ0) is 21.9. The first-order chi connectivity index (χ1) is 15.2. The zero-order valence-corrected chi connectivity index (χ0v) is 17.5. The van der Waals surface area contributed by atoms with Crippen LogP contribution in [0.15, 0.2) is 72.8 Å². The zero-order valence-electron chi connectivity index (χ0n) is 17.5. The van der Waals surface area contributed by atoms with Gasteiger partial charge < -0.3 is 19.7 Å². The molecular formula is C26H28O5. The highest BCUT2D eigenvalue weighted by atomic mass is 16.5. The Morgan fingerprint density at radius 2 is 1.39 bits per heavy atom. The summed E-state index contributed by atoms with van der Waals surface area (Å²) in [5, 5.41) is 18.2. The van der Waals surface area contributed by atoms with Crippen LogP contribution in [0, 0.1) is 0 Å². The summed E-state index contributed by atoms with van der Waals surface area (Å²) in [5.74, 6) is 0.712. The Kier molecular flexibility index (Phi) is 8.49. The third-order valence-corrected chi connectivity index (χ3v) is 4.91. The SMILES string of the molecule is O=C(Oc1cccc(O)c1)c1ccc(-c2ccc(OCCCCCCCO)cc2)cc1. The lowest BCUT2D eigenvalue weighted by Gasteiger charge is -2.08. The highest BCUT2D eigenvalue weighted by molar-refractivity contribution is 5.91. The van der Waals surface area contributed by atoms with E-state index < -0.39 is 5.97 Å². The molecule has 31 heavy (non-hydrogen) atoms. The Hall–Kier alpha value is -3.31. The topological polar surface area (TPSA) is 76.0 Å². The number of unbranched alkanes of at least 4 members (excludes halogenated alkanes) is 4. The lowest BCUT2D eigenvalue weighted by Crippen LogP contribution is -2.08. The van der Waals surface area contributed by atoms with Gasteiger partial charge in [-0.3, -0.25) is 0 Å². The van der Waals surface area contributed by atoms with Gasteiger partial charge in [-0.05, 0) is 60.4 Å². The summed E-state index contributed by atoms with van der Waals surface area (Å²) in [4.78, 5) is 12.3. The van der Waals surface area contributed by atoms with Crippen molar-refractivity contribution >= 4 is 5.97 Å². The van der Waals surface area contributed by atoms with E-state index in [0.29, 0.717) is 17.9 Å². The van der Waals surface area contributed by atoms with Crippen molar-refractivity contribution in [3.63, 3.8) is 0 Å². The molecule has 3 rings (SSSR count). The summed E-state index contributed by atoms with van der Waals surface area (Å²) < 4.78 is 11.1. The van der Waals surface area contributed by atoms with E-state index in [1.807, 2.05) is 36.4 Å². The number of carbonyl (C=O) groups excluding carboxylic acids is 1. The Bertz CT molecular complexity index is 948. The van der Waals surface area contributed by atoms with Gasteiger partial charge in [0.25, 0.3) is 0 Å². The fourth-order valence-corrected chi connectivity index (χ4v) is 3.19. The van der Waals surface area contributed by atoms with Crippen molar-refractivity contribution in [3.8, 4) is 28.4 Å². The quantitative estimate of drug-likeness (QED) is 0.240. The van der Waals surface area contributed by atoms with E-state index in [1.54, 1.807) is 24.3 Å². The maximum absolute atomic E-state index is 12.3. The summed E-state index contributed by atoms with van der Waals surface area (Å²) in [5.41, 5.74) is 2.46.